The predicted molar refractivity (Wildman–Crippen MR) is 280 cm³/mol. The average Bonchev–Trinajstić information content (AvgIpc) is 4.18. The lowest BCUT2D eigenvalue weighted by molar-refractivity contribution is -0.144. The minimum Gasteiger partial charge on any atom is -0.380 e. The van der Waals surface area contributed by atoms with Crippen molar-refractivity contribution in [2.75, 3.05) is 32.1 Å². The number of amides is 5. The normalized spacial score (nSPS) is 17.6. The van der Waals surface area contributed by atoms with Gasteiger partial charge in [0.1, 0.15) is 17.9 Å². The van der Waals surface area contributed by atoms with E-state index in [4.69, 9.17) is 9.72 Å². The van der Waals surface area contributed by atoms with Gasteiger partial charge in [0.15, 0.2) is 0 Å². The maximum atomic E-state index is 14.2. The number of nitrogens with one attached hydrogen (secondary N) is 5. The fourth-order valence-corrected chi connectivity index (χ4v) is 10.4. The summed E-state index contributed by atoms with van der Waals surface area (Å²) in [7, 11) is 1.59. The highest BCUT2D eigenvalue weighted by Gasteiger charge is 2.45. The summed E-state index contributed by atoms with van der Waals surface area (Å²) in [5.41, 5.74) is 7.64. The molecule has 15 nitrogen and oxygen atoms in total. The minimum absolute atomic E-state index is 0.165. The van der Waals surface area contributed by atoms with Crippen molar-refractivity contribution in [3.8, 4) is 10.4 Å². The number of methoxy groups -OCH3 is 1. The number of hydrogen-bond donors (Lipinski definition) is 5. The number of aryl methyl sites for hydroxylation is 1. The molecule has 5 amide bonds. The molecule has 0 aliphatic carbocycles. The van der Waals surface area contributed by atoms with Gasteiger partial charge in [-0.3, -0.25) is 28.9 Å². The number of thiazole rings is 1. The van der Waals surface area contributed by atoms with Gasteiger partial charge >= 0.3 is 0 Å². The van der Waals surface area contributed by atoms with E-state index in [0.717, 1.165) is 103 Å². The predicted octanol–water partition coefficient (Wildman–Crippen LogP) is 8.94. The first-order valence-electron chi connectivity index (χ1n) is 25.5. The van der Waals surface area contributed by atoms with Crippen LogP contribution in [0.3, 0.4) is 0 Å². The topological polar surface area (TPSA) is 191 Å². The van der Waals surface area contributed by atoms with Crippen molar-refractivity contribution in [1.29, 1.82) is 0 Å². The quantitative estimate of drug-likeness (QED) is 0.0398. The number of carbonyl (C=O) groups is 5. The van der Waals surface area contributed by atoms with Gasteiger partial charge in [-0.25, -0.2) is 9.97 Å². The lowest BCUT2D eigenvalue weighted by Gasteiger charge is -2.35. The van der Waals surface area contributed by atoms with Crippen LogP contribution in [0.25, 0.3) is 21.5 Å². The van der Waals surface area contributed by atoms with E-state index in [-0.39, 0.29) is 42.2 Å². The maximum Gasteiger partial charge on any atom is 0.255 e. The number of carbonyl (C=O) groups excluding carboxylic acids is 5. The molecule has 2 saturated heterocycles. The number of benzene rings is 3. The van der Waals surface area contributed by atoms with E-state index in [1.54, 1.807) is 47.6 Å². The molecule has 0 radical (unpaired) electrons. The lowest BCUT2D eigenvalue weighted by atomic mass is 9.85. The second kappa shape index (κ2) is 24.9. The van der Waals surface area contributed by atoms with Gasteiger partial charge in [0.25, 0.3) is 11.8 Å². The molecule has 5 aromatic rings. The Morgan fingerprint density at radius 3 is 2.21 bits per heavy atom. The molecule has 4 heterocycles. The molecular formula is C55H73N9O6S. The molecule has 4 atom stereocenters. The second-order valence-electron chi connectivity index (χ2n) is 20.4. The molecule has 2 aromatic heterocycles. The monoisotopic (exact) mass is 988 g/mol. The lowest BCUT2D eigenvalue weighted by Crippen LogP contribution is -2.57. The van der Waals surface area contributed by atoms with Crippen LogP contribution in [0.2, 0.25) is 0 Å². The van der Waals surface area contributed by atoms with Gasteiger partial charge in [-0.1, -0.05) is 83.6 Å². The molecule has 7 rings (SSSR count). The second-order valence-corrected chi connectivity index (χ2v) is 21.2. The smallest absolute Gasteiger partial charge is 0.255 e. The van der Waals surface area contributed by atoms with Crippen LogP contribution in [0.5, 0.6) is 0 Å². The number of aromatic nitrogens is 3. The molecule has 380 valence electrons. The number of imidazole rings is 1. The molecule has 2 aliphatic heterocycles. The summed E-state index contributed by atoms with van der Waals surface area (Å²) in [5, 5.41) is 12.0. The van der Waals surface area contributed by atoms with E-state index in [2.05, 4.69) is 43.1 Å². The largest absolute Gasteiger partial charge is 0.380 e. The number of fused-ring (bicyclic) bond motifs is 1. The Kier molecular flexibility index (Phi) is 18.5. The average molecular weight is 988 g/mol. The molecule has 16 heteroatoms. The fourth-order valence-electron chi connectivity index (χ4n) is 9.55. The standard InChI is InChI=1S/C55H73N9O6S/c1-36-16-15-29-63(36)34-47-60-44-27-26-42(30-45(44)61-47)59-52(67)41-24-22-40(23-25-41)51(66)56-28-14-12-10-8-7-9-11-13-17-48(65)62-50(55(3,4)5)54(69)64-33-43(70-6)31-46(64)53(68)57-32-38-18-20-39(21-19-38)49-37(2)58-35-71-49/h18-27,30,35-36,43,46,50H,7-17,28-29,31-34H2,1-6H3,(H,56,66)(H,57,68)(H,59,67)(H,60,61)(H,62,65)/t36-,43+,46-,50+/m0/s1. The summed E-state index contributed by atoms with van der Waals surface area (Å²) in [6, 6.07) is 19.5. The van der Waals surface area contributed by atoms with Gasteiger partial charge in [-0.2, -0.15) is 0 Å². The summed E-state index contributed by atoms with van der Waals surface area (Å²) in [5.74, 6) is -0.182. The zero-order chi connectivity index (χ0) is 50.5. The molecule has 0 bridgehead atoms. The van der Waals surface area contributed by atoms with Crippen molar-refractivity contribution in [2.24, 2.45) is 5.41 Å². The van der Waals surface area contributed by atoms with Crippen molar-refractivity contribution in [2.45, 2.75) is 149 Å². The summed E-state index contributed by atoms with van der Waals surface area (Å²) in [6.45, 7) is 13.1. The van der Waals surface area contributed by atoms with Crippen LogP contribution in [-0.2, 0) is 32.2 Å². The highest BCUT2D eigenvalue weighted by molar-refractivity contribution is 7.13. The van der Waals surface area contributed by atoms with Gasteiger partial charge in [0.2, 0.25) is 17.7 Å². The van der Waals surface area contributed by atoms with Crippen molar-refractivity contribution >= 4 is 57.6 Å². The van der Waals surface area contributed by atoms with E-state index in [9.17, 15) is 24.0 Å². The number of likely N-dealkylation sites (tertiary alicyclic amines) is 2. The highest BCUT2D eigenvalue weighted by Crippen LogP contribution is 2.29. The Hall–Kier alpha value is -5.97. The zero-order valence-electron chi connectivity index (χ0n) is 42.4. The fraction of sp³-hybridized carbons (Fsp3) is 0.509. The number of nitrogens with zero attached hydrogens (tertiary/aromatic N) is 4. The number of ether oxygens (including phenoxy) is 1. The van der Waals surface area contributed by atoms with Crippen LogP contribution in [0, 0.1) is 12.3 Å². The third-order valence-electron chi connectivity index (χ3n) is 13.9. The van der Waals surface area contributed by atoms with Gasteiger partial charge in [-0.05, 0) is 105 Å². The van der Waals surface area contributed by atoms with Crippen LogP contribution >= 0.6 is 11.3 Å². The molecule has 5 N–H and O–H groups in total. The first-order chi connectivity index (χ1) is 34.2. The van der Waals surface area contributed by atoms with E-state index >= 15 is 0 Å². The van der Waals surface area contributed by atoms with Crippen LogP contribution in [-0.4, -0.2) is 105 Å². The van der Waals surface area contributed by atoms with Gasteiger partial charge in [-0.15, -0.1) is 11.3 Å². The van der Waals surface area contributed by atoms with Crippen molar-refractivity contribution in [1.82, 2.24) is 40.7 Å². The number of unbranched alkanes of at least 4 members (excludes halogenated alkanes) is 7. The van der Waals surface area contributed by atoms with Crippen LogP contribution in [0.15, 0.2) is 72.2 Å². The summed E-state index contributed by atoms with van der Waals surface area (Å²) in [4.78, 5) is 84.5. The number of aromatic amines is 1. The summed E-state index contributed by atoms with van der Waals surface area (Å²) < 4.78 is 5.63. The van der Waals surface area contributed by atoms with Gasteiger partial charge in [0.05, 0.1) is 39.8 Å². The van der Waals surface area contributed by atoms with Crippen LogP contribution < -0.4 is 21.3 Å². The SMILES string of the molecule is CO[C@@H]1C[C@@H](C(=O)NCc2ccc(-c3scnc3C)cc2)N(C(=O)[C@@H](NC(=O)CCCCCCCCCCNC(=O)c2ccc(C(=O)Nc3ccc4[nH]c(CN5CCC[C@@H]5C)nc4c3)cc2)C(C)(C)C)C1. The van der Waals surface area contributed by atoms with Crippen molar-refractivity contribution in [3.63, 3.8) is 0 Å². The van der Waals surface area contributed by atoms with Crippen LogP contribution in [0.1, 0.15) is 143 Å². The third kappa shape index (κ3) is 14.6. The molecule has 2 fully saturated rings. The molecule has 0 unspecified atom stereocenters. The van der Waals surface area contributed by atoms with Gasteiger partial charge in [0, 0.05) is 62.4 Å². The molecule has 2 aliphatic rings. The maximum absolute atomic E-state index is 14.2. The molecule has 71 heavy (non-hydrogen) atoms. The van der Waals surface area contributed by atoms with Crippen molar-refractivity contribution in [3.05, 3.63) is 100 Å². The Morgan fingerprint density at radius 1 is 0.873 bits per heavy atom. The Bertz CT molecular complexity index is 2590. The summed E-state index contributed by atoms with van der Waals surface area (Å²) >= 11 is 1.60. The number of H-pyrrole nitrogens is 1. The molecule has 3 aromatic carbocycles. The minimum atomic E-state index is -0.800. The Labute approximate surface area is 422 Å². The first kappa shape index (κ1) is 52.8. The first-order valence-corrected chi connectivity index (χ1v) is 26.4. The Morgan fingerprint density at radius 2 is 1.56 bits per heavy atom. The zero-order valence-corrected chi connectivity index (χ0v) is 43.2. The van der Waals surface area contributed by atoms with Gasteiger partial charge < -0.3 is 35.9 Å². The van der Waals surface area contributed by atoms with E-state index in [1.165, 1.54) is 12.8 Å². The van der Waals surface area contributed by atoms with Crippen molar-refractivity contribution < 1.29 is 28.7 Å². The van der Waals surface area contributed by atoms with E-state index in [0.29, 0.717) is 48.8 Å². The molecular weight excluding hydrogens is 915 g/mol. The highest BCUT2D eigenvalue weighted by atomic mass is 32.1. The van der Waals surface area contributed by atoms with E-state index < -0.39 is 17.5 Å². The third-order valence-corrected chi connectivity index (χ3v) is 14.9. The number of rotatable bonds is 23. The Balaban J connectivity index is 0.748. The summed E-state index contributed by atoms with van der Waals surface area (Å²) in [6.07, 6.45) is 10.6. The molecule has 0 spiro atoms. The van der Waals surface area contributed by atoms with Crippen LogP contribution in [0.4, 0.5) is 5.69 Å². The molecule has 0 saturated carbocycles. The number of hydrogen-bond acceptors (Lipinski definition) is 10. The van der Waals surface area contributed by atoms with E-state index in [1.807, 2.05) is 75.7 Å². The number of anilines is 1.